The summed E-state index contributed by atoms with van der Waals surface area (Å²) in [5.74, 6) is -0.887. The zero-order chi connectivity index (χ0) is 24.7. The molecule has 0 spiro atoms. The van der Waals surface area contributed by atoms with Gasteiger partial charge >= 0.3 is 0 Å². The molecule has 2 amide bonds. The predicted octanol–water partition coefficient (Wildman–Crippen LogP) is 5.13. The lowest BCUT2D eigenvalue weighted by atomic mass is 9.91. The van der Waals surface area contributed by atoms with Crippen LogP contribution in [0.3, 0.4) is 0 Å². The van der Waals surface area contributed by atoms with E-state index in [0.717, 1.165) is 11.3 Å². The summed E-state index contributed by atoms with van der Waals surface area (Å²) >= 11 is 6.31. The zero-order valence-electron chi connectivity index (χ0n) is 19.5. The first-order valence-electron chi connectivity index (χ1n) is 11.2. The van der Waals surface area contributed by atoms with E-state index < -0.39 is 17.9 Å². The Morgan fingerprint density at radius 1 is 0.971 bits per heavy atom. The van der Waals surface area contributed by atoms with Crippen LogP contribution in [0.25, 0.3) is 0 Å². The fraction of sp³-hybridized carbons (Fsp3) is 0.259. The van der Waals surface area contributed by atoms with E-state index in [-0.39, 0.29) is 11.9 Å². The van der Waals surface area contributed by atoms with Gasteiger partial charge in [-0.05, 0) is 62.2 Å². The normalized spacial score (nSPS) is 12.6. The van der Waals surface area contributed by atoms with Crippen molar-refractivity contribution in [1.29, 1.82) is 0 Å². The number of benzene rings is 3. The summed E-state index contributed by atoms with van der Waals surface area (Å²) in [6, 6.07) is 21.8. The smallest absolute Gasteiger partial charge is 0.251 e. The Kier molecular flexibility index (Phi) is 8.55. The van der Waals surface area contributed by atoms with Gasteiger partial charge in [0.2, 0.25) is 5.91 Å². The van der Waals surface area contributed by atoms with Gasteiger partial charge in [0.05, 0.1) is 16.6 Å². The summed E-state index contributed by atoms with van der Waals surface area (Å²) < 4.78 is 5.81. The average molecular weight is 480 g/mol. The van der Waals surface area contributed by atoms with Gasteiger partial charge in [-0.25, -0.2) is 0 Å². The van der Waals surface area contributed by atoms with Crippen molar-refractivity contribution in [2.45, 2.75) is 45.4 Å². The Morgan fingerprint density at radius 3 is 2.24 bits per heavy atom. The largest absolute Gasteiger partial charge is 0.489 e. The monoisotopic (exact) mass is 479 g/mol. The van der Waals surface area contributed by atoms with Crippen LogP contribution in [0.15, 0.2) is 72.8 Å². The van der Waals surface area contributed by atoms with Gasteiger partial charge in [0.15, 0.2) is 0 Å². The third-order valence-electron chi connectivity index (χ3n) is 5.33. The number of ether oxygens (including phenoxy) is 1. The summed E-state index contributed by atoms with van der Waals surface area (Å²) in [7, 11) is 0. The van der Waals surface area contributed by atoms with Gasteiger partial charge in [-0.1, -0.05) is 54.1 Å². The predicted molar refractivity (Wildman–Crippen MR) is 136 cm³/mol. The van der Waals surface area contributed by atoms with Gasteiger partial charge in [0.25, 0.3) is 5.91 Å². The molecule has 4 N–H and O–H groups in total. The number of amides is 2. The molecule has 0 radical (unpaired) electrons. The SMILES string of the molecule is CC(C)Nc1ccc(C(=O)NC(C)C(C(N)=O)c2ccc(OCc3ccccc3)cc2)cc1Cl. The molecule has 2 atom stereocenters. The van der Waals surface area contributed by atoms with Gasteiger partial charge in [-0.2, -0.15) is 0 Å². The Labute approximate surface area is 205 Å². The van der Waals surface area contributed by atoms with Gasteiger partial charge in [-0.15, -0.1) is 0 Å². The van der Waals surface area contributed by atoms with Crippen LogP contribution in [0.2, 0.25) is 5.02 Å². The third-order valence-corrected chi connectivity index (χ3v) is 5.64. The Bertz CT molecular complexity index is 1120. The van der Waals surface area contributed by atoms with E-state index in [4.69, 9.17) is 22.1 Å². The molecule has 0 saturated heterocycles. The number of primary amides is 1. The summed E-state index contributed by atoms with van der Waals surface area (Å²) in [6.07, 6.45) is 0. The van der Waals surface area contributed by atoms with Crippen LogP contribution in [0.5, 0.6) is 5.75 Å². The van der Waals surface area contributed by atoms with Crippen LogP contribution in [-0.2, 0) is 11.4 Å². The minimum Gasteiger partial charge on any atom is -0.489 e. The standard InChI is InChI=1S/C27H30ClN3O3/c1-17(2)30-24-14-11-21(15-23(24)28)27(33)31-18(3)25(26(29)32)20-9-12-22(13-10-20)34-16-19-7-5-4-6-8-19/h4-15,17-18,25,30H,16H2,1-3H3,(H2,29,32)(H,31,33). The number of halogens is 1. The molecule has 0 aromatic heterocycles. The molecule has 0 saturated carbocycles. The van der Waals surface area contributed by atoms with Crippen LogP contribution in [0.4, 0.5) is 5.69 Å². The molecular formula is C27H30ClN3O3. The summed E-state index contributed by atoms with van der Waals surface area (Å²) in [5, 5.41) is 6.55. The van der Waals surface area contributed by atoms with Gasteiger partial charge < -0.3 is 21.1 Å². The molecule has 7 heteroatoms. The first kappa shape index (κ1) is 25.1. The summed E-state index contributed by atoms with van der Waals surface area (Å²) in [5.41, 5.74) is 8.61. The van der Waals surface area contributed by atoms with Crippen molar-refractivity contribution in [3.8, 4) is 5.75 Å². The Hall–Kier alpha value is -3.51. The maximum Gasteiger partial charge on any atom is 0.251 e. The molecule has 0 aliphatic carbocycles. The van der Waals surface area contributed by atoms with E-state index in [0.29, 0.717) is 28.5 Å². The highest BCUT2D eigenvalue weighted by Gasteiger charge is 2.27. The van der Waals surface area contributed by atoms with Crippen molar-refractivity contribution in [3.63, 3.8) is 0 Å². The van der Waals surface area contributed by atoms with Crippen molar-refractivity contribution in [1.82, 2.24) is 5.32 Å². The molecule has 3 aromatic rings. The highest BCUT2D eigenvalue weighted by Crippen LogP contribution is 2.26. The molecule has 34 heavy (non-hydrogen) atoms. The lowest BCUT2D eigenvalue weighted by Crippen LogP contribution is -2.42. The van der Waals surface area contributed by atoms with E-state index in [1.807, 2.05) is 44.2 Å². The minimum absolute atomic E-state index is 0.212. The second kappa shape index (κ2) is 11.6. The van der Waals surface area contributed by atoms with Gasteiger partial charge in [-0.3, -0.25) is 9.59 Å². The molecule has 0 aliphatic rings. The molecular weight excluding hydrogens is 450 g/mol. The lowest BCUT2D eigenvalue weighted by molar-refractivity contribution is -0.119. The maximum absolute atomic E-state index is 12.8. The second-order valence-corrected chi connectivity index (χ2v) is 8.89. The van der Waals surface area contributed by atoms with Crippen molar-refractivity contribution in [2.24, 2.45) is 5.73 Å². The summed E-state index contributed by atoms with van der Waals surface area (Å²) in [4.78, 5) is 25.1. The molecule has 3 rings (SSSR count). The molecule has 178 valence electrons. The topological polar surface area (TPSA) is 93.5 Å². The Morgan fingerprint density at radius 2 is 1.65 bits per heavy atom. The number of carbonyl (C=O) groups excluding carboxylic acids is 2. The number of carbonyl (C=O) groups is 2. The minimum atomic E-state index is -0.704. The lowest BCUT2D eigenvalue weighted by Gasteiger charge is -2.23. The molecule has 0 bridgehead atoms. The average Bonchev–Trinajstić information content (AvgIpc) is 2.80. The number of anilines is 1. The van der Waals surface area contributed by atoms with E-state index in [1.165, 1.54) is 0 Å². The zero-order valence-corrected chi connectivity index (χ0v) is 20.3. The van der Waals surface area contributed by atoms with Crippen LogP contribution in [0, 0.1) is 0 Å². The molecule has 2 unspecified atom stereocenters. The van der Waals surface area contributed by atoms with Crippen molar-refractivity contribution in [2.75, 3.05) is 5.32 Å². The van der Waals surface area contributed by atoms with Crippen LogP contribution in [-0.4, -0.2) is 23.9 Å². The molecule has 0 aliphatic heterocycles. The number of nitrogens with one attached hydrogen (secondary N) is 2. The molecule has 0 heterocycles. The summed E-state index contributed by atoms with van der Waals surface area (Å²) in [6.45, 7) is 6.21. The molecule has 3 aromatic carbocycles. The van der Waals surface area contributed by atoms with Crippen molar-refractivity contribution >= 4 is 29.1 Å². The first-order valence-corrected chi connectivity index (χ1v) is 11.6. The number of hydrogen-bond acceptors (Lipinski definition) is 4. The van der Waals surface area contributed by atoms with Crippen molar-refractivity contribution in [3.05, 3.63) is 94.5 Å². The highest BCUT2D eigenvalue weighted by atomic mass is 35.5. The van der Waals surface area contributed by atoms with Crippen LogP contribution >= 0.6 is 11.6 Å². The molecule has 0 fully saturated rings. The Balaban J connectivity index is 1.66. The third kappa shape index (κ3) is 6.75. The van der Waals surface area contributed by atoms with Crippen LogP contribution < -0.4 is 21.1 Å². The fourth-order valence-electron chi connectivity index (χ4n) is 3.67. The fourth-order valence-corrected chi connectivity index (χ4v) is 3.90. The molecule has 6 nitrogen and oxygen atoms in total. The quantitative estimate of drug-likeness (QED) is 0.376. The maximum atomic E-state index is 12.8. The number of nitrogens with two attached hydrogens (primary N) is 1. The number of hydrogen-bond donors (Lipinski definition) is 3. The van der Waals surface area contributed by atoms with Gasteiger partial charge in [0, 0.05) is 17.6 Å². The van der Waals surface area contributed by atoms with Crippen LogP contribution in [0.1, 0.15) is 48.2 Å². The second-order valence-electron chi connectivity index (χ2n) is 8.48. The van der Waals surface area contributed by atoms with E-state index in [9.17, 15) is 9.59 Å². The first-order chi connectivity index (χ1) is 16.2. The van der Waals surface area contributed by atoms with Crippen molar-refractivity contribution < 1.29 is 14.3 Å². The van der Waals surface area contributed by atoms with E-state index in [1.54, 1.807) is 49.4 Å². The van der Waals surface area contributed by atoms with E-state index in [2.05, 4.69) is 10.6 Å². The van der Waals surface area contributed by atoms with E-state index >= 15 is 0 Å². The highest BCUT2D eigenvalue weighted by molar-refractivity contribution is 6.33. The van der Waals surface area contributed by atoms with Gasteiger partial charge in [0.1, 0.15) is 12.4 Å². The number of rotatable bonds is 10.